The van der Waals surface area contributed by atoms with Crippen LogP contribution in [0.4, 0.5) is 0 Å². The fourth-order valence-corrected chi connectivity index (χ4v) is 4.14. The van der Waals surface area contributed by atoms with Crippen LogP contribution in [0.15, 0.2) is 6.07 Å². The highest BCUT2D eigenvalue weighted by atomic mass is 32.1. The first-order valence-electron chi connectivity index (χ1n) is 8.10. The Labute approximate surface area is 132 Å². The van der Waals surface area contributed by atoms with Crippen molar-refractivity contribution in [3.05, 3.63) is 21.4 Å². The molecule has 1 fully saturated rings. The molecular weight excluding hydrogens is 280 g/mol. The highest BCUT2D eigenvalue weighted by Crippen LogP contribution is 2.27. The minimum atomic E-state index is -0.0507. The first-order valence-corrected chi connectivity index (χ1v) is 8.91. The average molecular weight is 308 g/mol. The summed E-state index contributed by atoms with van der Waals surface area (Å²) in [4.78, 5) is 17.2. The van der Waals surface area contributed by atoms with Gasteiger partial charge in [0, 0.05) is 23.5 Å². The SMILES string of the molecule is CCCc1sc(C(=O)NC2(C)CCN(C)CC2)cc1CC. The van der Waals surface area contributed by atoms with Gasteiger partial charge in [0.1, 0.15) is 0 Å². The Morgan fingerprint density at radius 2 is 2.05 bits per heavy atom. The van der Waals surface area contributed by atoms with E-state index < -0.39 is 0 Å². The fourth-order valence-electron chi connectivity index (χ4n) is 2.89. The second-order valence-electron chi connectivity index (χ2n) is 6.48. The van der Waals surface area contributed by atoms with Crippen LogP contribution < -0.4 is 5.32 Å². The van der Waals surface area contributed by atoms with Crippen molar-refractivity contribution < 1.29 is 4.79 Å². The summed E-state index contributed by atoms with van der Waals surface area (Å²) in [5.74, 6) is 0.115. The Balaban J connectivity index is 2.06. The van der Waals surface area contributed by atoms with E-state index in [0.29, 0.717) is 0 Å². The largest absolute Gasteiger partial charge is 0.346 e. The lowest BCUT2D eigenvalue weighted by atomic mass is 9.90. The summed E-state index contributed by atoms with van der Waals surface area (Å²) in [6.45, 7) is 8.66. The molecule has 1 aromatic heterocycles. The lowest BCUT2D eigenvalue weighted by molar-refractivity contribution is 0.0856. The maximum atomic E-state index is 12.6. The zero-order valence-electron chi connectivity index (χ0n) is 13.8. The molecule has 0 spiro atoms. The normalized spacial score (nSPS) is 18.7. The van der Waals surface area contributed by atoms with Gasteiger partial charge in [-0.15, -0.1) is 11.3 Å². The number of aryl methyl sites for hydroxylation is 2. The van der Waals surface area contributed by atoms with Crippen LogP contribution in [0.2, 0.25) is 0 Å². The van der Waals surface area contributed by atoms with E-state index in [0.717, 1.165) is 50.1 Å². The molecule has 0 aromatic carbocycles. The summed E-state index contributed by atoms with van der Waals surface area (Å²) >= 11 is 1.68. The van der Waals surface area contributed by atoms with Gasteiger partial charge in [0.25, 0.3) is 5.91 Å². The Kier molecular flexibility index (Phi) is 5.44. The monoisotopic (exact) mass is 308 g/mol. The van der Waals surface area contributed by atoms with Gasteiger partial charge in [-0.3, -0.25) is 4.79 Å². The Morgan fingerprint density at radius 1 is 1.38 bits per heavy atom. The van der Waals surface area contributed by atoms with Gasteiger partial charge in [0.2, 0.25) is 0 Å². The summed E-state index contributed by atoms with van der Waals surface area (Å²) in [6.07, 6.45) is 5.30. The molecule has 2 heterocycles. The van der Waals surface area contributed by atoms with E-state index in [-0.39, 0.29) is 11.4 Å². The summed E-state index contributed by atoms with van der Waals surface area (Å²) in [7, 11) is 2.14. The second-order valence-corrected chi connectivity index (χ2v) is 7.62. The number of carbonyl (C=O) groups excluding carboxylic acids is 1. The quantitative estimate of drug-likeness (QED) is 0.903. The molecule has 1 N–H and O–H groups in total. The van der Waals surface area contributed by atoms with Crippen molar-refractivity contribution in [1.29, 1.82) is 0 Å². The third-order valence-electron chi connectivity index (χ3n) is 4.48. The van der Waals surface area contributed by atoms with Crippen LogP contribution >= 0.6 is 11.3 Å². The van der Waals surface area contributed by atoms with Gasteiger partial charge in [-0.2, -0.15) is 0 Å². The van der Waals surface area contributed by atoms with Crippen LogP contribution in [0.3, 0.4) is 0 Å². The zero-order chi connectivity index (χ0) is 15.5. The highest BCUT2D eigenvalue weighted by molar-refractivity contribution is 7.14. The minimum Gasteiger partial charge on any atom is -0.346 e. The maximum Gasteiger partial charge on any atom is 0.261 e. The van der Waals surface area contributed by atoms with E-state index in [1.807, 2.05) is 0 Å². The van der Waals surface area contributed by atoms with Gasteiger partial charge in [-0.1, -0.05) is 20.3 Å². The molecule has 1 amide bonds. The first-order chi connectivity index (χ1) is 9.97. The molecule has 0 aliphatic carbocycles. The predicted molar refractivity (Wildman–Crippen MR) is 90.3 cm³/mol. The van der Waals surface area contributed by atoms with Crippen molar-refractivity contribution in [1.82, 2.24) is 10.2 Å². The van der Waals surface area contributed by atoms with Crippen molar-refractivity contribution in [3.63, 3.8) is 0 Å². The van der Waals surface area contributed by atoms with E-state index in [1.54, 1.807) is 11.3 Å². The van der Waals surface area contributed by atoms with E-state index in [4.69, 9.17) is 0 Å². The number of likely N-dealkylation sites (tertiary alicyclic amines) is 1. The van der Waals surface area contributed by atoms with E-state index in [1.165, 1.54) is 10.4 Å². The minimum absolute atomic E-state index is 0.0507. The third kappa shape index (κ3) is 4.07. The Morgan fingerprint density at radius 3 is 2.62 bits per heavy atom. The third-order valence-corrected chi connectivity index (χ3v) is 5.72. The molecule has 3 nitrogen and oxygen atoms in total. The summed E-state index contributed by atoms with van der Waals surface area (Å²) < 4.78 is 0. The molecule has 21 heavy (non-hydrogen) atoms. The summed E-state index contributed by atoms with van der Waals surface area (Å²) in [5.41, 5.74) is 1.30. The lowest BCUT2D eigenvalue weighted by Gasteiger charge is -2.38. The molecule has 4 heteroatoms. The lowest BCUT2D eigenvalue weighted by Crippen LogP contribution is -2.52. The molecule has 0 saturated carbocycles. The van der Waals surface area contributed by atoms with Crippen LogP contribution in [0.25, 0.3) is 0 Å². The van der Waals surface area contributed by atoms with Gasteiger partial charge < -0.3 is 10.2 Å². The average Bonchev–Trinajstić information content (AvgIpc) is 2.86. The molecule has 0 atom stereocenters. The molecule has 0 unspecified atom stereocenters. The Hall–Kier alpha value is -0.870. The fraction of sp³-hybridized carbons (Fsp3) is 0.706. The molecule has 0 radical (unpaired) electrons. The van der Waals surface area contributed by atoms with E-state index in [9.17, 15) is 4.79 Å². The Bertz CT molecular complexity index is 487. The molecule has 1 aliphatic rings. The number of carbonyl (C=O) groups is 1. The number of rotatable bonds is 5. The maximum absolute atomic E-state index is 12.6. The van der Waals surface area contributed by atoms with Crippen LogP contribution in [-0.4, -0.2) is 36.5 Å². The predicted octanol–water partition coefficient (Wildman–Crippen LogP) is 3.48. The van der Waals surface area contributed by atoms with Crippen LogP contribution in [0.5, 0.6) is 0 Å². The number of nitrogens with one attached hydrogen (secondary N) is 1. The van der Waals surface area contributed by atoms with Gasteiger partial charge in [0.15, 0.2) is 0 Å². The van der Waals surface area contributed by atoms with Crippen LogP contribution in [0, 0.1) is 0 Å². The molecule has 0 bridgehead atoms. The van der Waals surface area contributed by atoms with E-state index >= 15 is 0 Å². The van der Waals surface area contributed by atoms with Gasteiger partial charge in [0.05, 0.1) is 4.88 Å². The standard InChI is InChI=1S/C17H28N2OS/c1-5-7-14-13(6-2)12-15(21-14)16(20)18-17(3)8-10-19(4)11-9-17/h12H,5-11H2,1-4H3,(H,18,20). The molecule has 2 rings (SSSR count). The molecular formula is C17H28N2OS. The van der Waals surface area contributed by atoms with Gasteiger partial charge in [-0.25, -0.2) is 0 Å². The summed E-state index contributed by atoms with van der Waals surface area (Å²) in [5, 5.41) is 3.28. The van der Waals surface area contributed by atoms with Crippen molar-refractivity contribution >= 4 is 17.2 Å². The van der Waals surface area contributed by atoms with Gasteiger partial charge in [-0.05, 0) is 51.3 Å². The smallest absolute Gasteiger partial charge is 0.261 e. The zero-order valence-corrected chi connectivity index (χ0v) is 14.6. The van der Waals surface area contributed by atoms with Gasteiger partial charge >= 0.3 is 0 Å². The number of piperidine rings is 1. The second kappa shape index (κ2) is 6.93. The number of thiophene rings is 1. The molecule has 1 aliphatic heterocycles. The summed E-state index contributed by atoms with van der Waals surface area (Å²) in [6, 6.07) is 2.10. The molecule has 118 valence electrons. The topological polar surface area (TPSA) is 32.3 Å². The molecule has 1 saturated heterocycles. The first kappa shape index (κ1) is 16.5. The number of nitrogens with zero attached hydrogens (tertiary/aromatic N) is 1. The number of hydrogen-bond donors (Lipinski definition) is 1. The molecule has 1 aromatic rings. The van der Waals surface area contributed by atoms with Crippen molar-refractivity contribution in [3.8, 4) is 0 Å². The highest BCUT2D eigenvalue weighted by Gasteiger charge is 2.31. The van der Waals surface area contributed by atoms with Crippen LogP contribution in [-0.2, 0) is 12.8 Å². The van der Waals surface area contributed by atoms with Crippen molar-refractivity contribution in [2.45, 2.75) is 58.4 Å². The van der Waals surface area contributed by atoms with Crippen LogP contribution in [0.1, 0.15) is 60.1 Å². The van der Waals surface area contributed by atoms with E-state index in [2.05, 4.69) is 44.1 Å². The number of amides is 1. The van der Waals surface area contributed by atoms with Crippen molar-refractivity contribution in [2.24, 2.45) is 0 Å². The number of hydrogen-bond acceptors (Lipinski definition) is 3. The van der Waals surface area contributed by atoms with Crippen molar-refractivity contribution in [2.75, 3.05) is 20.1 Å².